The maximum absolute atomic E-state index is 10.1. The smallest absolute Gasteiger partial charge is 0.149 e. The monoisotopic (exact) mass is 324 g/mol. The van der Waals surface area contributed by atoms with Crippen molar-refractivity contribution < 1.29 is 4.79 Å². The molecule has 1 N–H and O–H groups in total. The van der Waals surface area contributed by atoms with Gasteiger partial charge in [0.25, 0.3) is 0 Å². The van der Waals surface area contributed by atoms with Gasteiger partial charge in [0.2, 0.25) is 0 Å². The van der Waals surface area contributed by atoms with Gasteiger partial charge in [-0.1, -0.05) is 47.6 Å². The Hall–Kier alpha value is -1.22. The second kappa shape index (κ2) is 18.8. The number of hydrogen-bond acceptors (Lipinski definition) is 3. The van der Waals surface area contributed by atoms with Crippen LogP contribution in [0, 0.1) is 5.41 Å². The predicted molar refractivity (Wildman–Crippen MR) is 106 cm³/mol. The summed E-state index contributed by atoms with van der Waals surface area (Å²) < 4.78 is 0. The first-order chi connectivity index (χ1) is 11.0. The van der Waals surface area contributed by atoms with Crippen molar-refractivity contribution in [1.82, 2.24) is 5.32 Å². The Bertz CT molecular complexity index is 321. The number of hydrogen-bond donors (Lipinski definition) is 1. The highest BCUT2D eigenvalue weighted by Crippen LogP contribution is 2.34. The van der Waals surface area contributed by atoms with E-state index in [9.17, 15) is 4.79 Å². The quantitative estimate of drug-likeness (QED) is 0.318. The third-order valence-corrected chi connectivity index (χ3v) is 3.59. The van der Waals surface area contributed by atoms with Crippen LogP contribution in [0.25, 0.3) is 0 Å². The molecule has 1 aliphatic rings. The molecule has 3 heteroatoms. The van der Waals surface area contributed by atoms with Gasteiger partial charge in [0.05, 0.1) is 0 Å². The van der Waals surface area contributed by atoms with Crippen LogP contribution < -0.4 is 5.32 Å². The molecule has 0 amide bonds. The van der Waals surface area contributed by atoms with E-state index >= 15 is 0 Å². The zero-order valence-electron chi connectivity index (χ0n) is 16.8. The van der Waals surface area contributed by atoms with Gasteiger partial charge >= 0.3 is 0 Å². The second-order valence-corrected chi connectivity index (χ2v) is 5.63. The molecule has 1 rings (SSSR count). The second-order valence-electron chi connectivity index (χ2n) is 5.63. The Kier molecular flexibility index (Phi) is 21.8. The average molecular weight is 325 g/mol. The molecule has 0 atom stereocenters. The van der Waals surface area contributed by atoms with Crippen molar-refractivity contribution in [2.24, 2.45) is 10.4 Å². The average Bonchev–Trinajstić information content (AvgIpc) is 2.60. The molecule has 0 unspecified atom stereocenters. The van der Waals surface area contributed by atoms with E-state index in [0.717, 1.165) is 12.3 Å². The van der Waals surface area contributed by atoms with Gasteiger partial charge in [0.15, 0.2) is 0 Å². The highest BCUT2D eigenvalue weighted by Gasteiger charge is 2.25. The van der Waals surface area contributed by atoms with Crippen molar-refractivity contribution in [2.75, 3.05) is 7.05 Å². The maximum Gasteiger partial charge on any atom is 0.149 e. The Balaban J connectivity index is -0.000000287. The van der Waals surface area contributed by atoms with Crippen LogP contribution in [-0.2, 0) is 4.79 Å². The lowest BCUT2D eigenvalue weighted by atomic mass is 9.76. The van der Waals surface area contributed by atoms with Crippen LogP contribution in [0.15, 0.2) is 28.9 Å². The molecule has 0 heterocycles. The van der Waals surface area contributed by atoms with Crippen LogP contribution in [-0.4, -0.2) is 26.1 Å². The first-order valence-electron chi connectivity index (χ1n) is 8.90. The van der Waals surface area contributed by atoms with Crippen molar-refractivity contribution >= 4 is 13.0 Å². The van der Waals surface area contributed by atoms with E-state index in [-0.39, 0.29) is 0 Å². The van der Waals surface area contributed by atoms with Crippen LogP contribution in [0.4, 0.5) is 0 Å². The summed E-state index contributed by atoms with van der Waals surface area (Å²) in [6, 6.07) is 0.799. The highest BCUT2D eigenvalue weighted by molar-refractivity contribution is 5.77. The SMILES string of the molecule is C=N/C=C\C(C=O)=C/C.CC.CC.CNC1CCC(C)(C)CC1. The molecule has 1 fully saturated rings. The third kappa shape index (κ3) is 17.0. The minimum atomic E-state index is 0.613. The third-order valence-electron chi connectivity index (χ3n) is 3.59. The van der Waals surface area contributed by atoms with Crippen molar-refractivity contribution in [3.8, 4) is 0 Å². The summed E-state index contributed by atoms with van der Waals surface area (Å²) in [5.41, 5.74) is 1.23. The van der Waals surface area contributed by atoms with Crippen LogP contribution >= 0.6 is 0 Å². The summed E-state index contributed by atoms with van der Waals surface area (Å²) >= 11 is 0. The van der Waals surface area contributed by atoms with Crippen LogP contribution in [0.1, 0.15) is 74.1 Å². The van der Waals surface area contributed by atoms with E-state index in [4.69, 9.17) is 0 Å². The van der Waals surface area contributed by atoms with E-state index in [0.29, 0.717) is 11.0 Å². The lowest BCUT2D eigenvalue weighted by molar-refractivity contribution is -0.104. The molecular formula is C20H40N2O. The molecule has 0 aromatic rings. The molecule has 1 saturated carbocycles. The standard InChI is InChI=1S/C9H19N.C7H9NO.2C2H6/c1-9(2)6-4-8(10-3)5-7-9;1-3-7(6-9)4-5-8-2;2*1-2/h8,10H,4-7H2,1-3H3;3-6H,2H2,1H3;2*1-2H3/b;5-4-,7-3+;;. The molecule has 0 radical (unpaired) electrons. The molecule has 136 valence electrons. The zero-order valence-corrected chi connectivity index (χ0v) is 16.8. The number of nitrogens with one attached hydrogen (secondary N) is 1. The van der Waals surface area contributed by atoms with Crippen LogP contribution in [0.5, 0.6) is 0 Å². The van der Waals surface area contributed by atoms with Crippen molar-refractivity contribution in [2.45, 2.75) is 80.2 Å². The number of allylic oxidation sites excluding steroid dienone is 3. The van der Waals surface area contributed by atoms with Gasteiger partial charge in [-0.2, -0.15) is 0 Å². The topological polar surface area (TPSA) is 41.5 Å². The summed E-state index contributed by atoms with van der Waals surface area (Å²) in [6.07, 6.45) is 11.0. The Morgan fingerprint density at radius 2 is 1.65 bits per heavy atom. The predicted octanol–water partition coefficient (Wildman–Crippen LogP) is 5.57. The van der Waals surface area contributed by atoms with Gasteiger partial charge in [-0.3, -0.25) is 9.79 Å². The van der Waals surface area contributed by atoms with E-state index < -0.39 is 0 Å². The fraction of sp³-hybridized carbons (Fsp3) is 0.700. The molecular weight excluding hydrogens is 284 g/mol. The Morgan fingerprint density at radius 1 is 1.17 bits per heavy atom. The van der Waals surface area contributed by atoms with Gasteiger partial charge < -0.3 is 5.32 Å². The first kappa shape index (κ1) is 26.7. The number of aldehydes is 1. The summed E-state index contributed by atoms with van der Waals surface area (Å²) in [5, 5.41) is 3.34. The number of aliphatic imine (C=N–C) groups is 1. The Labute approximate surface area is 145 Å². The molecule has 0 aromatic heterocycles. The number of carbonyl (C=O) groups is 1. The van der Waals surface area contributed by atoms with E-state index in [1.54, 1.807) is 19.1 Å². The lowest BCUT2D eigenvalue weighted by Gasteiger charge is -2.33. The molecule has 0 aliphatic heterocycles. The van der Waals surface area contributed by atoms with Gasteiger partial charge in [-0.25, -0.2) is 0 Å². The largest absolute Gasteiger partial charge is 0.317 e. The van der Waals surface area contributed by atoms with Crippen molar-refractivity contribution in [3.05, 3.63) is 23.9 Å². The fourth-order valence-corrected chi connectivity index (χ4v) is 2.03. The molecule has 0 bridgehead atoms. The van der Waals surface area contributed by atoms with Gasteiger partial charge in [-0.05, 0) is 57.9 Å². The normalized spacial score (nSPS) is 16.8. The summed E-state index contributed by atoms with van der Waals surface area (Å²) in [4.78, 5) is 13.5. The molecule has 23 heavy (non-hydrogen) atoms. The first-order valence-corrected chi connectivity index (χ1v) is 8.90. The van der Waals surface area contributed by atoms with E-state index in [2.05, 4.69) is 37.9 Å². The van der Waals surface area contributed by atoms with Gasteiger partial charge in [0, 0.05) is 17.8 Å². The van der Waals surface area contributed by atoms with Gasteiger partial charge in [0.1, 0.15) is 6.29 Å². The molecule has 3 nitrogen and oxygen atoms in total. The Morgan fingerprint density at radius 3 is 1.96 bits per heavy atom. The lowest BCUT2D eigenvalue weighted by Crippen LogP contribution is -2.33. The highest BCUT2D eigenvalue weighted by atomic mass is 16.1. The molecule has 0 saturated heterocycles. The number of nitrogens with zero attached hydrogens (tertiary/aromatic N) is 1. The minimum absolute atomic E-state index is 0.613. The molecule has 0 spiro atoms. The minimum Gasteiger partial charge on any atom is -0.317 e. The van der Waals surface area contributed by atoms with Crippen LogP contribution in [0.3, 0.4) is 0 Å². The van der Waals surface area contributed by atoms with E-state index in [1.165, 1.54) is 31.9 Å². The fourth-order valence-electron chi connectivity index (χ4n) is 2.03. The van der Waals surface area contributed by atoms with Gasteiger partial charge in [-0.15, -0.1) is 0 Å². The summed E-state index contributed by atoms with van der Waals surface area (Å²) in [6.45, 7) is 17.8. The zero-order chi connectivity index (χ0) is 18.7. The molecule has 0 aromatic carbocycles. The van der Waals surface area contributed by atoms with Crippen molar-refractivity contribution in [3.63, 3.8) is 0 Å². The summed E-state index contributed by atoms with van der Waals surface area (Å²) in [5.74, 6) is 0. The van der Waals surface area contributed by atoms with E-state index in [1.807, 2.05) is 27.7 Å². The van der Waals surface area contributed by atoms with Crippen LogP contribution in [0.2, 0.25) is 0 Å². The number of rotatable bonds is 4. The maximum atomic E-state index is 10.1. The van der Waals surface area contributed by atoms with Crippen molar-refractivity contribution in [1.29, 1.82) is 0 Å². The number of carbonyl (C=O) groups excluding carboxylic acids is 1. The summed E-state index contributed by atoms with van der Waals surface area (Å²) in [7, 11) is 2.07. The molecule has 1 aliphatic carbocycles.